The van der Waals surface area contributed by atoms with E-state index in [9.17, 15) is 4.79 Å². The van der Waals surface area contributed by atoms with Gasteiger partial charge in [-0.2, -0.15) is 5.10 Å². The van der Waals surface area contributed by atoms with Crippen molar-refractivity contribution in [1.29, 1.82) is 0 Å². The lowest BCUT2D eigenvalue weighted by Crippen LogP contribution is -2.14. The maximum absolute atomic E-state index is 12.1. The SMILES string of the molecule is Cc1cc(NC(=O)c2ccccn2)nn1Cc1ccccc1. The van der Waals surface area contributed by atoms with E-state index in [0.717, 1.165) is 11.3 Å². The fourth-order valence-corrected chi connectivity index (χ4v) is 2.17. The first kappa shape index (κ1) is 14.0. The molecule has 3 rings (SSSR count). The zero-order valence-electron chi connectivity index (χ0n) is 12.2. The number of pyridine rings is 1. The molecule has 0 spiro atoms. The molecule has 0 unspecified atom stereocenters. The van der Waals surface area contributed by atoms with E-state index in [2.05, 4.69) is 15.4 Å². The average molecular weight is 292 g/mol. The Morgan fingerprint density at radius 1 is 1.14 bits per heavy atom. The highest BCUT2D eigenvalue weighted by atomic mass is 16.1. The van der Waals surface area contributed by atoms with Gasteiger partial charge in [0.25, 0.3) is 5.91 Å². The molecule has 0 atom stereocenters. The van der Waals surface area contributed by atoms with E-state index in [1.165, 1.54) is 0 Å². The van der Waals surface area contributed by atoms with Gasteiger partial charge in [0.1, 0.15) is 5.69 Å². The number of nitrogens with one attached hydrogen (secondary N) is 1. The molecule has 5 nitrogen and oxygen atoms in total. The van der Waals surface area contributed by atoms with Crippen molar-refractivity contribution < 1.29 is 4.79 Å². The van der Waals surface area contributed by atoms with Crippen LogP contribution in [0.1, 0.15) is 21.7 Å². The van der Waals surface area contributed by atoms with Gasteiger partial charge in [-0.05, 0) is 24.6 Å². The summed E-state index contributed by atoms with van der Waals surface area (Å²) in [4.78, 5) is 16.1. The maximum Gasteiger partial charge on any atom is 0.275 e. The molecule has 0 bridgehead atoms. The number of aromatic nitrogens is 3. The van der Waals surface area contributed by atoms with E-state index in [0.29, 0.717) is 18.1 Å². The van der Waals surface area contributed by atoms with Crippen LogP contribution in [-0.4, -0.2) is 20.7 Å². The van der Waals surface area contributed by atoms with Gasteiger partial charge < -0.3 is 5.32 Å². The van der Waals surface area contributed by atoms with Gasteiger partial charge in [-0.15, -0.1) is 0 Å². The normalized spacial score (nSPS) is 10.4. The largest absolute Gasteiger partial charge is 0.304 e. The van der Waals surface area contributed by atoms with Crippen LogP contribution in [0.15, 0.2) is 60.8 Å². The molecule has 0 aliphatic carbocycles. The number of aryl methyl sites for hydroxylation is 1. The van der Waals surface area contributed by atoms with Gasteiger partial charge in [0.2, 0.25) is 0 Å². The molecular formula is C17H16N4O. The number of carbonyl (C=O) groups excluding carboxylic acids is 1. The first-order chi connectivity index (χ1) is 10.7. The summed E-state index contributed by atoms with van der Waals surface area (Å²) in [6, 6.07) is 17.2. The molecule has 5 heteroatoms. The second-order valence-corrected chi connectivity index (χ2v) is 4.98. The van der Waals surface area contributed by atoms with Crippen molar-refractivity contribution in [2.45, 2.75) is 13.5 Å². The number of carbonyl (C=O) groups is 1. The van der Waals surface area contributed by atoms with Gasteiger partial charge in [-0.3, -0.25) is 14.5 Å². The molecule has 1 aromatic carbocycles. The molecule has 0 fully saturated rings. The van der Waals surface area contributed by atoms with Gasteiger partial charge in [-0.25, -0.2) is 0 Å². The maximum atomic E-state index is 12.1. The van der Waals surface area contributed by atoms with Gasteiger partial charge in [0.15, 0.2) is 5.82 Å². The zero-order chi connectivity index (χ0) is 15.4. The number of amides is 1. The lowest BCUT2D eigenvalue weighted by Gasteiger charge is -2.04. The number of hydrogen-bond acceptors (Lipinski definition) is 3. The lowest BCUT2D eigenvalue weighted by atomic mass is 10.2. The molecular weight excluding hydrogens is 276 g/mol. The Bertz CT molecular complexity index is 766. The highest BCUT2D eigenvalue weighted by Gasteiger charge is 2.10. The fraction of sp³-hybridized carbons (Fsp3) is 0.118. The van der Waals surface area contributed by atoms with Crippen molar-refractivity contribution >= 4 is 11.7 Å². The monoisotopic (exact) mass is 292 g/mol. The molecule has 22 heavy (non-hydrogen) atoms. The molecule has 0 saturated carbocycles. The molecule has 1 amide bonds. The first-order valence-electron chi connectivity index (χ1n) is 7.03. The summed E-state index contributed by atoms with van der Waals surface area (Å²) in [5.74, 6) is 0.272. The molecule has 0 aliphatic rings. The predicted octanol–water partition coefficient (Wildman–Crippen LogP) is 2.89. The van der Waals surface area contributed by atoms with Crippen molar-refractivity contribution in [3.8, 4) is 0 Å². The summed E-state index contributed by atoms with van der Waals surface area (Å²) in [7, 11) is 0. The minimum absolute atomic E-state index is 0.259. The topological polar surface area (TPSA) is 59.8 Å². The number of rotatable bonds is 4. The molecule has 2 aromatic heterocycles. The summed E-state index contributed by atoms with van der Waals surface area (Å²) in [6.45, 7) is 2.64. The van der Waals surface area contributed by atoms with Crippen molar-refractivity contribution in [2.75, 3.05) is 5.32 Å². The number of anilines is 1. The van der Waals surface area contributed by atoms with Gasteiger partial charge in [0, 0.05) is 18.0 Å². The van der Waals surface area contributed by atoms with Crippen LogP contribution >= 0.6 is 0 Å². The van der Waals surface area contributed by atoms with E-state index >= 15 is 0 Å². The van der Waals surface area contributed by atoms with Gasteiger partial charge in [-0.1, -0.05) is 36.4 Å². The summed E-state index contributed by atoms with van der Waals surface area (Å²) in [6.07, 6.45) is 1.59. The third-order valence-electron chi connectivity index (χ3n) is 3.30. The predicted molar refractivity (Wildman–Crippen MR) is 84.7 cm³/mol. The van der Waals surface area contributed by atoms with Crippen LogP contribution in [0.3, 0.4) is 0 Å². The third-order valence-corrected chi connectivity index (χ3v) is 3.30. The van der Waals surface area contributed by atoms with Crippen LogP contribution in [-0.2, 0) is 6.54 Å². The zero-order valence-corrected chi connectivity index (χ0v) is 12.2. The third kappa shape index (κ3) is 3.20. The van der Waals surface area contributed by atoms with Crippen LogP contribution in [0.4, 0.5) is 5.82 Å². The number of nitrogens with zero attached hydrogens (tertiary/aromatic N) is 3. The molecule has 2 heterocycles. The van der Waals surface area contributed by atoms with Crippen LogP contribution in [0.25, 0.3) is 0 Å². The standard InChI is InChI=1S/C17H16N4O/c1-13-11-16(19-17(22)15-9-5-6-10-18-15)20-21(13)12-14-7-3-2-4-8-14/h2-11H,12H2,1H3,(H,19,20,22). The molecule has 0 saturated heterocycles. The van der Waals surface area contributed by atoms with Crippen molar-refractivity contribution in [3.05, 3.63) is 77.7 Å². The van der Waals surface area contributed by atoms with Crippen molar-refractivity contribution in [3.63, 3.8) is 0 Å². The minimum atomic E-state index is -0.259. The quantitative estimate of drug-likeness (QED) is 0.804. The van der Waals surface area contributed by atoms with Gasteiger partial charge in [0.05, 0.1) is 6.54 Å². The Hall–Kier alpha value is -2.95. The summed E-state index contributed by atoms with van der Waals surface area (Å²) in [5.41, 5.74) is 2.52. The number of hydrogen-bond donors (Lipinski definition) is 1. The molecule has 1 N–H and O–H groups in total. The smallest absolute Gasteiger partial charge is 0.275 e. The Kier molecular flexibility index (Phi) is 3.96. The minimum Gasteiger partial charge on any atom is -0.304 e. The second-order valence-electron chi connectivity index (χ2n) is 4.98. The van der Waals surface area contributed by atoms with Crippen LogP contribution in [0.2, 0.25) is 0 Å². The van der Waals surface area contributed by atoms with Gasteiger partial charge >= 0.3 is 0 Å². The highest BCUT2D eigenvalue weighted by Crippen LogP contribution is 2.12. The molecule has 0 radical (unpaired) electrons. The Morgan fingerprint density at radius 3 is 2.64 bits per heavy atom. The molecule has 110 valence electrons. The molecule has 0 aliphatic heterocycles. The molecule has 3 aromatic rings. The van der Waals surface area contributed by atoms with E-state index in [1.54, 1.807) is 24.4 Å². The number of benzene rings is 1. The van der Waals surface area contributed by atoms with E-state index in [1.807, 2.05) is 48.0 Å². The van der Waals surface area contributed by atoms with Crippen LogP contribution in [0.5, 0.6) is 0 Å². The van der Waals surface area contributed by atoms with Crippen LogP contribution < -0.4 is 5.32 Å². The van der Waals surface area contributed by atoms with E-state index in [4.69, 9.17) is 0 Å². The lowest BCUT2D eigenvalue weighted by molar-refractivity contribution is 0.102. The highest BCUT2D eigenvalue weighted by molar-refractivity contribution is 6.02. The Labute approximate surface area is 128 Å². The van der Waals surface area contributed by atoms with Crippen molar-refractivity contribution in [2.24, 2.45) is 0 Å². The van der Waals surface area contributed by atoms with E-state index < -0.39 is 0 Å². The van der Waals surface area contributed by atoms with Crippen LogP contribution in [0, 0.1) is 6.92 Å². The second kappa shape index (κ2) is 6.22. The summed E-state index contributed by atoms with van der Waals surface area (Å²) >= 11 is 0. The summed E-state index contributed by atoms with van der Waals surface area (Å²) < 4.78 is 1.86. The van der Waals surface area contributed by atoms with E-state index in [-0.39, 0.29) is 5.91 Å². The average Bonchev–Trinajstić information content (AvgIpc) is 2.88. The Morgan fingerprint density at radius 2 is 1.91 bits per heavy atom. The fourth-order valence-electron chi connectivity index (χ4n) is 2.17. The first-order valence-corrected chi connectivity index (χ1v) is 7.03. The van der Waals surface area contributed by atoms with Crippen molar-refractivity contribution in [1.82, 2.24) is 14.8 Å². The Balaban J connectivity index is 1.74. The summed E-state index contributed by atoms with van der Waals surface area (Å²) in [5, 5.41) is 7.20.